The van der Waals surface area contributed by atoms with Crippen LogP contribution in [0.1, 0.15) is 18.1 Å². The molecule has 2 aromatic rings. The zero-order chi connectivity index (χ0) is 14.8. The van der Waals surface area contributed by atoms with Crippen molar-refractivity contribution in [3.05, 3.63) is 50.9 Å². The van der Waals surface area contributed by atoms with E-state index in [1.165, 1.54) is 11.1 Å². The predicted molar refractivity (Wildman–Crippen MR) is 82.2 cm³/mol. The van der Waals surface area contributed by atoms with Crippen LogP contribution in [-0.2, 0) is 13.0 Å². The number of halogens is 1. The van der Waals surface area contributed by atoms with E-state index in [1.807, 2.05) is 13.0 Å². The van der Waals surface area contributed by atoms with Crippen LogP contribution in [0.15, 0.2) is 29.2 Å². The topological polar surface area (TPSA) is 58.2 Å². The van der Waals surface area contributed by atoms with Gasteiger partial charge in [-0.1, -0.05) is 17.7 Å². The Morgan fingerprint density at radius 1 is 1.43 bits per heavy atom. The Balaban J connectivity index is 1.91. The molecular weight excluding hydrogens is 290 g/mol. The standard InChI is InChI=1S/C15H16ClN3O2/c1-2-21-12-4-3-10-5-6-19(9-11(10)7-12)13-8-17-18-15(20)14(13)16/h3-4,7-8H,2,5-6,9H2,1H3,(H,18,20). The molecule has 0 radical (unpaired) electrons. The highest BCUT2D eigenvalue weighted by atomic mass is 35.5. The summed E-state index contributed by atoms with van der Waals surface area (Å²) in [6.45, 7) is 4.12. The molecule has 1 aromatic carbocycles. The molecule has 0 saturated carbocycles. The molecule has 0 bridgehead atoms. The van der Waals surface area contributed by atoms with Gasteiger partial charge in [-0.25, -0.2) is 5.10 Å². The average Bonchev–Trinajstić information content (AvgIpc) is 2.50. The first-order valence-electron chi connectivity index (χ1n) is 6.91. The summed E-state index contributed by atoms with van der Waals surface area (Å²) in [7, 11) is 0. The molecule has 1 N–H and O–H groups in total. The molecule has 0 saturated heterocycles. The maximum Gasteiger partial charge on any atom is 0.285 e. The van der Waals surface area contributed by atoms with Crippen LogP contribution in [0.2, 0.25) is 5.02 Å². The predicted octanol–water partition coefficient (Wildman–Crippen LogP) is 2.38. The van der Waals surface area contributed by atoms with E-state index < -0.39 is 0 Å². The fraction of sp³-hybridized carbons (Fsp3) is 0.333. The van der Waals surface area contributed by atoms with E-state index in [0.29, 0.717) is 18.8 Å². The first-order chi connectivity index (χ1) is 10.2. The number of aromatic nitrogens is 2. The second-order valence-electron chi connectivity index (χ2n) is 4.93. The number of hydrogen-bond acceptors (Lipinski definition) is 4. The molecule has 0 atom stereocenters. The minimum atomic E-state index is -0.358. The molecule has 1 aromatic heterocycles. The van der Waals surface area contributed by atoms with Crippen LogP contribution >= 0.6 is 11.6 Å². The first kappa shape index (κ1) is 13.9. The summed E-state index contributed by atoms with van der Waals surface area (Å²) in [5, 5.41) is 6.36. The first-order valence-corrected chi connectivity index (χ1v) is 7.29. The van der Waals surface area contributed by atoms with Gasteiger partial charge in [0.1, 0.15) is 10.8 Å². The fourth-order valence-corrected chi connectivity index (χ4v) is 2.80. The van der Waals surface area contributed by atoms with Crippen molar-refractivity contribution in [1.29, 1.82) is 0 Å². The second-order valence-corrected chi connectivity index (χ2v) is 5.31. The zero-order valence-corrected chi connectivity index (χ0v) is 12.5. The maximum absolute atomic E-state index is 11.6. The molecule has 0 unspecified atom stereocenters. The van der Waals surface area contributed by atoms with Crippen LogP contribution in [0.4, 0.5) is 5.69 Å². The third kappa shape index (κ3) is 2.74. The molecule has 1 aliphatic heterocycles. The molecule has 1 aliphatic rings. The van der Waals surface area contributed by atoms with Crippen LogP contribution < -0.4 is 15.2 Å². The van der Waals surface area contributed by atoms with Crippen molar-refractivity contribution in [3.63, 3.8) is 0 Å². The largest absolute Gasteiger partial charge is 0.494 e. The molecule has 3 rings (SSSR count). The minimum absolute atomic E-state index is 0.189. The molecule has 6 heteroatoms. The lowest BCUT2D eigenvalue weighted by molar-refractivity contribution is 0.339. The van der Waals surface area contributed by atoms with Gasteiger partial charge in [-0.05, 0) is 36.6 Å². The number of anilines is 1. The van der Waals surface area contributed by atoms with Gasteiger partial charge in [0, 0.05) is 13.1 Å². The summed E-state index contributed by atoms with van der Waals surface area (Å²) in [5.74, 6) is 0.869. The molecule has 0 spiro atoms. The number of fused-ring (bicyclic) bond motifs is 1. The number of aromatic amines is 1. The number of nitrogens with one attached hydrogen (secondary N) is 1. The highest BCUT2D eigenvalue weighted by molar-refractivity contribution is 6.32. The van der Waals surface area contributed by atoms with E-state index in [4.69, 9.17) is 16.3 Å². The quantitative estimate of drug-likeness (QED) is 0.946. The van der Waals surface area contributed by atoms with E-state index >= 15 is 0 Å². The Morgan fingerprint density at radius 2 is 2.29 bits per heavy atom. The van der Waals surface area contributed by atoms with Crippen molar-refractivity contribution in [2.75, 3.05) is 18.1 Å². The smallest absolute Gasteiger partial charge is 0.285 e. The van der Waals surface area contributed by atoms with Gasteiger partial charge in [-0.3, -0.25) is 4.79 Å². The monoisotopic (exact) mass is 305 g/mol. The number of hydrogen-bond donors (Lipinski definition) is 1. The normalized spacial score (nSPS) is 13.9. The number of benzene rings is 1. The molecule has 0 amide bonds. The van der Waals surface area contributed by atoms with Crippen LogP contribution in [0.3, 0.4) is 0 Å². The Morgan fingerprint density at radius 3 is 3.10 bits per heavy atom. The number of rotatable bonds is 3. The highest BCUT2D eigenvalue weighted by Crippen LogP contribution is 2.29. The van der Waals surface area contributed by atoms with Crippen molar-refractivity contribution >= 4 is 17.3 Å². The van der Waals surface area contributed by atoms with E-state index in [0.717, 1.165) is 18.7 Å². The van der Waals surface area contributed by atoms with Crippen LogP contribution in [0.5, 0.6) is 5.75 Å². The number of ether oxygens (including phenoxy) is 1. The van der Waals surface area contributed by atoms with E-state index in [1.54, 1.807) is 6.20 Å². The summed E-state index contributed by atoms with van der Waals surface area (Å²) in [4.78, 5) is 13.6. The summed E-state index contributed by atoms with van der Waals surface area (Å²) >= 11 is 6.08. The number of nitrogens with zero attached hydrogens (tertiary/aromatic N) is 2. The lowest BCUT2D eigenvalue weighted by Crippen LogP contribution is -2.32. The van der Waals surface area contributed by atoms with E-state index in [9.17, 15) is 4.79 Å². The molecule has 110 valence electrons. The summed E-state index contributed by atoms with van der Waals surface area (Å²) in [5.41, 5.74) is 2.82. The van der Waals surface area contributed by atoms with Gasteiger partial charge in [0.05, 0.1) is 18.5 Å². The Hall–Kier alpha value is -2.01. The third-order valence-electron chi connectivity index (χ3n) is 3.62. The second kappa shape index (κ2) is 5.77. The van der Waals surface area contributed by atoms with E-state index in [-0.39, 0.29) is 10.6 Å². The molecular formula is C15H16ClN3O2. The third-order valence-corrected chi connectivity index (χ3v) is 3.98. The van der Waals surface area contributed by atoms with Crippen molar-refractivity contribution in [1.82, 2.24) is 10.2 Å². The molecule has 2 heterocycles. The van der Waals surface area contributed by atoms with Crippen molar-refractivity contribution in [2.45, 2.75) is 19.9 Å². The zero-order valence-electron chi connectivity index (χ0n) is 11.7. The lowest BCUT2D eigenvalue weighted by atomic mass is 9.99. The van der Waals surface area contributed by atoms with Gasteiger partial charge in [0.25, 0.3) is 5.56 Å². The van der Waals surface area contributed by atoms with Crippen molar-refractivity contribution in [2.24, 2.45) is 0 Å². The highest BCUT2D eigenvalue weighted by Gasteiger charge is 2.20. The molecule has 0 aliphatic carbocycles. The van der Waals surface area contributed by atoms with Crippen LogP contribution in [0.25, 0.3) is 0 Å². The Labute approximate surface area is 127 Å². The van der Waals surface area contributed by atoms with Gasteiger partial charge in [-0.15, -0.1) is 0 Å². The number of H-pyrrole nitrogens is 1. The van der Waals surface area contributed by atoms with Crippen molar-refractivity contribution < 1.29 is 4.74 Å². The van der Waals surface area contributed by atoms with Gasteiger partial charge >= 0.3 is 0 Å². The van der Waals surface area contributed by atoms with Gasteiger partial charge in [-0.2, -0.15) is 5.10 Å². The summed E-state index contributed by atoms with van der Waals surface area (Å²) < 4.78 is 5.54. The van der Waals surface area contributed by atoms with Crippen molar-refractivity contribution in [3.8, 4) is 5.75 Å². The van der Waals surface area contributed by atoms with Crippen LogP contribution in [-0.4, -0.2) is 23.3 Å². The summed E-state index contributed by atoms with van der Waals surface area (Å²) in [6, 6.07) is 6.16. The maximum atomic E-state index is 11.6. The molecule has 0 fully saturated rings. The Kier molecular flexibility index (Phi) is 3.84. The van der Waals surface area contributed by atoms with Gasteiger partial charge in [0.2, 0.25) is 0 Å². The summed E-state index contributed by atoms with van der Waals surface area (Å²) in [6.07, 6.45) is 2.51. The SMILES string of the molecule is CCOc1ccc2c(c1)CN(c1cn[nH]c(=O)c1Cl)CC2. The Bertz CT molecular complexity index is 714. The lowest BCUT2D eigenvalue weighted by Gasteiger charge is -2.31. The molecule has 5 nitrogen and oxygen atoms in total. The molecule has 21 heavy (non-hydrogen) atoms. The fourth-order valence-electron chi connectivity index (χ4n) is 2.59. The van der Waals surface area contributed by atoms with Crippen LogP contribution in [0, 0.1) is 0 Å². The van der Waals surface area contributed by atoms with Gasteiger partial charge < -0.3 is 9.64 Å². The van der Waals surface area contributed by atoms with E-state index in [2.05, 4.69) is 27.2 Å². The van der Waals surface area contributed by atoms with Gasteiger partial charge in [0.15, 0.2) is 0 Å². The minimum Gasteiger partial charge on any atom is -0.494 e. The average molecular weight is 306 g/mol.